The molecule has 33 heavy (non-hydrogen) atoms. The minimum Gasteiger partial charge on any atom is -0.494 e. The van der Waals surface area contributed by atoms with Crippen molar-refractivity contribution in [2.24, 2.45) is 0 Å². The van der Waals surface area contributed by atoms with E-state index in [1.165, 1.54) is 11.1 Å². The van der Waals surface area contributed by atoms with Gasteiger partial charge in [-0.3, -0.25) is 4.79 Å². The van der Waals surface area contributed by atoms with E-state index >= 15 is 0 Å². The lowest BCUT2D eigenvalue weighted by Gasteiger charge is -2.39. The van der Waals surface area contributed by atoms with Gasteiger partial charge in [-0.25, -0.2) is 13.4 Å². The first-order chi connectivity index (χ1) is 15.3. The number of nitrogens with zero attached hydrogens (tertiary/aromatic N) is 2. The molecular formula is C20H20ClF3N2O6S. The molecule has 8 nitrogen and oxygen atoms in total. The second kappa shape index (κ2) is 9.26. The molecule has 1 amide bonds. The highest BCUT2D eigenvalue weighted by molar-refractivity contribution is 7.90. The van der Waals surface area contributed by atoms with Gasteiger partial charge in [-0.2, -0.15) is 13.2 Å². The molecule has 0 saturated carbocycles. The summed E-state index contributed by atoms with van der Waals surface area (Å²) in [6, 6.07) is 5.19. The molecule has 13 heteroatoms. The van der Waals surface area contributed by atoms with Crippen LogP contribution in [-0.2, 0) is 9.84 Å². The molecular weight excluding hydrogens is 489 g/mol. The lowest BCUT2D eigenvalue weighted by molar-refractivity contribution is -0.189. The Labute approximate surface area is 193 Å². The Morgan fingerprint density at radius 1 is 1.24 bits per heavy atom. The minimum absolute atomic E-state index is 0.0870. The van der Waals surface area contributed by atoms with Gasteiger partial charge in [0.15, 0.2) is 21.7 Å². The quantitative estimate of drug-likeness (QED) is 0.566. The smallest absolute Gasteiger partial charge is 0.425 e. The molecule has 1 fully saturated rings. The Bertz CT molecular complexity index is 1140. The van der Waals surface area contributed by atoms with E-state index < -0.39 is 51.2 Å². The second-order valence-electron chi connectivity index (χ2n) is 7.31. The van der Waals surface area contributed by atoms with Gasteiger partial charge >= 0.3 is 6.18 Å². The SMILES string of the molecule is COc1c(S(C)(=O)=O)ccc(O[C@@H](C)C(F)(F)F)c1C(=O)N1CC(Oc2ccc(Cl)cn2)C1. The van der Waals surface area contributed by atoms with E-state index in [-0.39, 0.29) is 23.9 Å². The fraction of sp³-hybridized carbons (Fsp3) is 0.400. The van der Waals surface area contributed by atoms with Crippen LogP contribution in [-0.4, -0.2) is 69.0 Å². The first-order valence-corrected chi connectivity index (χ1v) is 11.8. The highest BCUT2D eigenvalue weighted by Gasteiger charge is 2.41. The first-order valence-electron chi connectivity index (χ1n) is 9.53. The number of likely N-dealkylation sites (tertiary alicyclic amines) is 1. The normalized spacial score (nSPS) is 15.5. The summed E-state index contributed by atoms with van der Waals surface area (Å²) in [4.78, 5) is 18.1. The molecule has 0 bridgehead atoms. The maximum absolute atomic E-state index is 13.2. The Morgan fingerprint density at radius 2 is 1.91 bits per heavy atom. The number of methoxy groups -OCH3 is 1. The van der Waals surface area contributed by atoms with Crippen LogP contribution in [0.2, 0.25) is 5.02 Å². The largest absolute Gasteiger partial charge is 0.494 e. The molecule has 0 aliphatic carbocycles. The van der Waals surface area contributed by atoms with Gasteiger partial charge < -0.3 is 19.1 Å². The Balaban J connectivity index is 1.89. The van der Waals surface area contributed by atoms with Crippen LogP contribution >= 0.6 is 11.6 Å². The number of halogens is 4. The highest BCUT2D eigenvalue weighted by atomic mass is 35.5. The number of hydrogen-bond acceptors (Lipinski definition) is 7. The molecule has 0 N–H and O–H groups in total. The van der Waals surface area contributed by atoms with Crippen LogP contribution in [0, 0.1) is 0 Å². The lowest BCUT2D eigenvalue weighted by Crippen LogP contribution is -2.56. The van der Waals surface area contributed by atoms with Crippen molar-refractivity contribution in [2.45, 2.75) is 30.2 Å². The molecule has 3 rings (SSSR count). The van der Waals surface area contributed by atoms with Crippen LogP contribution in [0.1, 0.15) is 17.3 Å². The molecule has 2 heterocycles. The summed E-state index contributed by atoms with van der Waals surface area (Å²) < 4.78 is 79.2. The second-order valence-corrected chi connectivity index (χ2v) is 9.73. The van der Waals surface area contributed by atoms with Crippen molar-refractivity contribution in [3.05, 3.63) is 41.0 Å². The van der Waals surface area contributed by atoms with Gasteiger partial charge in [0.2, 0.25) is 5.88 Å². The molecule has 1 aliphatic heterocycles. The number of sulfone groups is 1. The highest BCUT2D eigenvalue weighted by Crippen LogP contribution is 2.38. The molecule has 1 aromatic heterocycles. The molecule has 1 atom stereocenters. The summed E-state index contributed by atoms with van der Waals surface area (Å²) >= 11 is 5.77. The zero-order valence-electron chi connectivity index (χ0n) is 17.7. The number of alkyl halides is 3. The van der Waals surface area contributed by atoms with Crippen LogP contribution in [0.5, 0.6) is 17.4 Å². The summed E-state index contributed by atoms with van der Waals surface area (Å²) in [6.07, 6.45) is -5.09. The topological polar surface area (TPSA) is 95.0 Å². The number of carbonyl (C=O) groups is 1. The number of amides is 1. The van der Waals surface area contributed by atoms with Crippen LogP contribution in [0.15, 0.2) is 35.4 Å². The van der Waals surface area contributed by atoms with Crippen LogP contribution < -0.4 is 14.2 Å². The van der Waals surface area contributed by atoms with Crippen LogP contribution in [0.25, 0.3) is 0 Å². The molecule has 0 radical (unpaired) electrons. The zero-order chi connectivity index (χ0) is 24.6. The van der Waals surface area contributed by atoms with Gasteiger partial charge in [0, 0.05) is 18.5 Å². The predicted molar refractivity (Wildman–Crippen MR) is 112 cm³/mol. The summed E-state index contributed by atoms with van der Waals surface area (Å²) in [5.41, 5.74) is -0.417. The van der Waals surface area contributed by atoms with Crippen LogP contribution in [0.3, 0.4) is 0 Å². The average molecular weight is 509 g/mol. The van der Waals surface area contributed by atoms with Crippen molar-refractivity contribution in [3.63, 3.8) is 0 Å². The third kappa shape index (κ3) is 5.61. The van der Waals surface area contributed by atoms with E-state index in [0.717, 1.165) is 32.4 Å². The van der Waals surface area contributed by atoms with Gasteiger partial charge in [0.05, 0.1) is 25.2 Å². The molecule has 1 aliphatic rings. The van der Waals surface area contributed by atoms with Gasteiger partial charge in [0.25, 0.3) is 5.91 Å². The van der Waals surface area contributed by atoms with Crippen molar-refractivity contribution in [3.8, 4) is 17.4 Å². The van der Waals surface area contributed by atoms with Crippen molar-refractivity contribution in [2.75, 3.05) is 26.5 Å². The van der Waals surface area contributed by atoms with E-state index in [1.807, 2.05) is 0 Å². The van der Waals surface area contributed by atoms with E-state index in [9.17, 15) is 26.4 Å². The van der Waals surface area contributed by atoms with Crippen molar-refractivity contribution in [1.29, 1.82) is 0 Å². The number of ether oxygens (including phenoxy) is 3. The molecule has 0 unspecified atom stereocenters. The van der Waals surface area contributed by atoms with E-state index in [0.29, 0.717) is 5.02 Å². The average Bonchev–Trinajstić information content (AvgIpc) is 2.69. The van der Waals surface area contributed by atoms with Crippen molar-refractivity contribution < 1.29 is 40.6 Å². The summed E-state index contributed by atoms with van der Waals surface area (Å²) in [6.45, 7) is 0.950. The maximum atomic E-state index is 13.2. The van der Waals surface area contributed by atoms with E-state index in [4.69, 9.17) is 25.8 Å². The number of carbonyl (C=O) groups excluding carboxylic acids is 1. The van der Waals surface area contributed by atoms with Gasteiger partial charge in [-0.15, -0.1) is 0 Å². The van der Waals surface area contributed by atoms with Gasteiger partial charge in [-0.1, -0.05) is 11.6 Å². The number of hydrogen-bond donors (Lipinski definition) is 0. The maximum Gasteiger partial charge on any atom is 0.425 e. The molecule has 1 saturated heterocycles. The molecule has 180 valence electrons. The number of benzene rings is 1. The summed E-state index contributed by atoms with van der Waals surface area (Å²) in [7, 11) is -2.74. The van der Waals surface area contributed by atoms with E-state index in [1.54, 1.807) is 12.1 Å². The molecule has 2 aromatic rings. The molecule has 1 aromatic carbocycles. The third-order valence-electron chi connectivity index (χ3n) is 4.79. The van der Waals surface area contributed by atoms with Crippen molar-refractivity contribution >= 4 is 27.3 Å². The fourth-order valence-corrected chi connectivity index (χ4v) is 3.99. The number of rotatable bonds is 7. The Kier molecular flexibility index (Phi) is 6.99. The van der Waals surface area contributed by atoms with Gasteiger partial charge in [-0.05, 0) is 25.1 Å². The lowest BCUT2D eigenvalue weighted by atomic mass is 10.1. The standard InChI is InChI=1S/C20H20ClF3N2O6S/c1-11(20(22,23)24)31-14-5-6-15(33(3,28)29)18(30-2)17(14)19(27)26-9-13(10-26)32-16-7-4-12(21)8-25-16/h4-8,11,13H,9-10H2,1-3H3/t11-/m0/s1. The van der Waals surface area contributed by atoms with Crippen molar-refractivity contribution in [1.82, 2.24) is 9.88 Å². The first kappa shape index (κ1) is 24.9. The summed E-state index contributed by atoms with van der Waals surface area (Å²) in [5, 5.41) is 0.422. The Hall–Kier alpha value is -2.73. The Morgan fingerprint density at radius 3 is 2.42 bits per heavy atom. The predicted octanol–water partition coefficient (Wildman–Crippen LogP) is 3.38. The molecule has 0 spiro atoms. The van der Waals surface area contributed by atoms with E-state index in [2.05, 4.69) is 4.98 Å². The summed E-state index contributed by atoms with van der Waals surface area (Å²) in [5.74, 6) is -1.31. The minimum atomic E-state index is -4.70. The third-order valence-corrected chi connectivity index (χ3v) is 6.13. The monoisotopic (exact) mass is 508 g/mol. The van der Waals surface area contributed by atoms with Gasteiger partial charge in [0.1, 0.15) is 22.3 Å². The fourth-order valence-electron chi connectivity index (χ4n) is 3.04. The van der Waals surface area contributed by atoms with Crippen LogP contribution in [0.4, 0.5) is 13.2 Å². The number of pyridine rings is 1. The number of aromatic nitrogens is 1. The zero-order valence-corrected chi connectivity index (χ0v) is 19.3.